The SMILES string of the molecule is CCn1c(-c2cc(N3CCCN4CCOC[C@@H]4C3)cnc2[C@H](C)OC)c2c3cc(ccc31)-c1csc(n1)C[C@H](NC(=O)[C@H]1C[C@@H]1C)C(=O)N1CCC[C@H](N1)C(=O)OCC(C)(C)C2.S.S.S.S.S.S. The topological polar surface area (TPSA) is 143 Å². The van der Waals surface area contributed by atoms with Gasteiger partial charge in [-0.2, -0.15) is 81.0 Å². The molecule has 2 amide bonds. The van der Waals surface area contributed by atoms with Crippen LogP contribution in [0.15, 0.2) is 35.8 Å². The molecule has 9 rings (SSSR count). The summed E-state index contributed by atoms with van der Waals surface area (Å²) < 4.78 is 20.5. The summed E-state index contributed by atoms with van der Waals surface area (Å²) in [6.07, 6.45) is 5.65. The lowest BCUT2D eigenvalue weighted by atomic mass is 9.84. The number of ether oxygens (including phenoxy) is 3. The summed E-state index contributed by atoms with van der Waals surface area (Å²) in [5.74, 6) is -0.575. The number of anilines is 1. The van der Waals surface area contributed by atoms with Gasteiger partial charge in [0.2, 0.25) is 5.91 Å². The number of morpholine rings is 1. The van der Waals surface area contributed by atoms with E-state index in [1.54, 1.807) is 7.11 Å². The smallest absolute Gasteiger partial charge is 0.324 e. The minimum atomic E-state index is -0.832. The zero-order valence-electron chi connectivity index (χ0n) is 40.1. The molecule has 4 fully saturated rings. The average molecular weight is 1070 g/mol. The van der Waals surface area contributed by atoms with Gasteiger partial charge in [0.1, 0.15) is 12.1 Å². The molecule has 0 radical (unpaired) electrons. The minimum Gasteiger partial charge on any atom is -0.464 e. The molecule has 3 saturated heterocycles. The molecule has 5 aliphatic rings. The third kappa shape index (κ3) is 12.6. The van der Waals surface area contributed by atoms with Crippen LogP contribution in [0.1, 0.15) is 82.7 Å². The number of thiazole rings is 1. The number of nitrogens with one attached hydrogen (secondary N) is 2. The van der Waals surface area contributed by atoms with Crippen molar-refractivity contribution in [2.45, 2.75) is 104 Å². The van der Waals surface area contributed by atoms with E-state index in [-0.39, 0.29) is 124 Å². The lowest BCUT2D eigenvalue weighted by molar-refractivity contribution is -0.155. The van der Waals surface area contributed by atoms with Crippen LogP contribution in [0.2, 0.25) is 0 Å². The first-order valence-electron chi connectivity index (χ1n) is 22.7. The molecule has 0 unspecified atom stereocenters. The Balaban J connectivity index is 0.00000204. The maximum absolute atomic E-state index is 14.2. The number of hydrogen-bond acceptors (Lipinski definition) is 12. The van der Waals surface area contributed by atoms with Crippen molar-refractivity contribution in [3.63, 3.8) is 0 Å². The standard InChI is InChI=1S/C47H62N8O6S.6H2S/c1-7-54-40-12-11-30-19-34(40)36(43(54)35-20-31(23-48-42(35)29(3)59-6)53-14-9-13-52-16-17-60-25-32(52)24-53)22-47(4,5)27-61-46(58)37-10-8-15-55(51-37)45(57)38(21-41-49-39(30)26-62-41)50-44(56)33-18-28(33)2;;;;;;/h11-12,19-20,23,26,28-29,32-33,37-38,51H,7-10,13-18,21-22,24-25,27H2,1-6H3,(H,50,56);6*1H2/t28-,29-,32-,33-,37-,38-;;;;;;/m0....../s1. The number of methoxy groups -OCH3 is 1. The van der Waals surface area contributed by atoms with E-state index in [1.165, 1.54) is 16.3 Å². The monoisotopic (exact) mass is 1070 g/mol. The summed E-state index contributed by atoms with van der Waals surface area (Å²) in [5.41, 5.74) is 10.8. The molecule has 4 aromatic rings. The van der Waals surface area contributed by atoms with Gasteiger partial charge < -0.3 is 29.0 Å². The number of aryl methyl sites for hydroxylation is 1. The Kier molecular flexibility index (Phi) is 22.4. The Bertz CT molecular complexity index is 2350. The van der Waals surface area contributed by atoms with E-state index in [0.717, 1.165) is 114 Å². The van der Waals surface area contributed by atoms with Crippen molar-refractivity contribution >= 4 is 127 Å². The van der Waals surface area contributed by atoms with Gasteiger partial charge in [-0.1, -0.05) is 26.8 Å². The summed E-state index contributed by atoms with van der Waals surface area (Å²) >= 11 is 1.49. The zero-order chi connectivity index (χ0) is 43.3. The number of cyclic esters (lactones) is 1. The molecule has 4 aliphatic heterocycles. The van der Waals surface area contributed by atoms with E-state index in [0.29, 0.717) is 37.8 Å². The Labute approximate surface area is 447 Å². The number of fused-ring (bicyclic) bond motifs is 7. The van der Waals surface area contributed by atoms with E-state index in [9.17, 15) is 14.4 Å². The van der Waals surface area contributed by atoms with Crippen LogP contribution in [0.3, 0.4) is 0 Å². The second-order valence-corrected chi connectivity index (χ2v) is 19.8. The molecule has 1 saturated carbocycles. The van der Waals surface area contributed by atoms with Crippen molar-refractivity contribution in [1.82, 2.24) is 35.2 Å². The summed E-state index contributed by atoms with van der Waals surface area (Å²) in [6, 6.07) is 7.70. The largest absolute Gasteiger partial charge is 0.464 e. The van der Waals surface area contributed by atoms with E-state index in [2.05, 4.69) is 84.0 Å². The van der Waals surface area contributed by atoms with Gasteiger partial charge in [0.25, 0.3) is 5.91 Å². The van der Waals surface area contributed by atoms with Crippen LogP contribution >= 0.6 is 92.3 Å². The van der Waals surface area contributed by atoms with Crippen LogP contribution in [0.25, 0.3) is 33.4 Å². The number of nitrogens with zero attached hydrogens (tertiary/aromatic N) is 6. The molecule has 1 aromatic carbocycles. The molecular formula is C47H74N8O6S7. The zero-order valence-corrected chi connectivity index (χ0v) is 46.9. The molecule has 3 aromatic heterocycles. The predicted molar refractivity (Wildman–Crippen MR) is 302 cm³/mol. The fourth-order valence-electron chi connectivity index (χ4n) is 9.94. The first-order chi connectivity index (χ1) is 29.9. The molecular weight excluding hydrogens is 997 g/mol. The first-order valence-corrected chi connectivity index (χ1v) is 23.5. The normalized spacial score (nSPS) is 24.0. The van der Waals surface area contributed by atoms with E-state index in [1.807, 2.05) is 11.6 Å². The van der Waals surface area contributed by atoms with Crippen molar-refractivity contribution in [1.29, 1.82) is 0 Å². The number of esters is 1. The Morgan fingerprint density at radius 3 is 2.54 bits per heavy atom. The maximum atomic E-state index is 14.2. The lowest BCUT2D eigenvalue weighted by Gasteiger charge is -2.35. The van der Waals surface area contributed by atoms with Gasteiger partial charge in [0.15, 0.2) is 0 Å². The number of hydrazine groups is 1. The van der Waals surface area contributed by atoms with E-state index >= 15 is 0 Å². The van der Waals surface area contributed by atoms with Crippen molar-refractivity contribution < 1.29 is 28.6 Å². The molecule has 2 N–H and O–H groups in total. The highest BCUT2D eigenvalue weighted by Crippen LogP contribution is 2.43. The highest BCUT2D eigenvalue weighted by atomic mass is 32.1. The molecule has 6 atom stereocenters. The quantitative estimate of drug-likeness (QED) is 0.198. The Hall–Kier alpha value is -2.31. The number of carbonyl (C=O) groups excluding carboxylic acids is 3. The first kappa shape index (κ1) is 60.0. The lowest BCUT2D eigenvalue weighted by Crippen LogP contribution is -2.60. The van der Waals surface area contributed by atoms with Crippen molar-refractivity contribution in [3.8, 4) is 22.5 Å². The van der Waals surface area contributed by atoms with E-state index in [4.69, 9.17) is 24.2 Å². The van der Waals surface area contributed by atoms with Gasteiger partial charge in [0, 0.05) is 91.5 Å². The third-order valence-electron chi connectivity index (χ3n) is 13.7. The summed E-state index contributed by atoms with van der Waals surface area (Å²) in [5, 5.41) is 8.47. The second kappa shape index (κ2) is 25.4. The molecule has 0 spiro atoms. The van der Waals surface area contributed by atoms with Gasteiger partial charge in [0.05, 0.1) is 65.9 Å². The molecule has 1 aliphatic carbocycles. The number of amides is 2. The van der Waals surface area contributed by atoms with E-state index < -0.39 is 17.5 Å². The third-order valence-corrected chi connectivity index (χ3v) is 14.6. The average Bonchev–Trinajstić information content (AvgIpc) is 3.81. The molecule has 21 heteroatoms. The highest BCUT2D eigenvalue weighted by molar-refractivity contribution is 7.60. The number of rotatable bonds is 7. The molecule has 7 heterocycles. The number of carbonyl (C=O) groups is 3. The number of pyridine rings is 1. The van der Waals surface area contributed by atoms with Gasteiger partial charge in [-0.05, 0) is 75.6 Å². The fraction of sp³-hybridized carbons (Fsp3) is 0.596. The number of benzene rings is 1. The van der Waals surface area contributed by atoms with Crippen LogP contribution in [0.5, 0.6) is 0 Å². The minimum absolute atomic E-state index is 0. The van der Waals surface area contributed by atoms with Crippen LogP contribution in [0.4, 0.5) is 5.69 Å². The molecule has 6 bridgehead atoms. The maximum Gasteiger partial charge on any atom is 0.324 e. The van der Waals surface area contributed by atoms with Crippen LogP contribution in [0, 0.1) is 17.3 Å². The predicted octanol–water partition coefficient (Wildman–Crippen LogP) is 6.45. The van der Waals surface area contributed by atoms with Gasteiger partial charge in [-0.15, -0.1) is 11.3 Å². The van der Waals surface area contributed by atoms with Crippen molar-refractivity contribution in [3.05, 3.63) is 52.1 Å². The summed E-state index contributed by atoms with van der Waals surface area (Å²) in [4.78, 5) is 56.7. The van der Waals surface area contributed by atoms with Crippen molar-refractivity contribution in [2.24, 2.45) is 17.3 Å². The van der Waals surface area contributed by atoms with Gasteiger partial charge >= 0.3 is 5.97 Å². The molecule has 380 valence electrons. The fourth-order valence-corrected chi connectivity index (χ4v) is 10.8. The Morgan fingerprint density at radius 2 is 1.82 bits per heavy atom. The number of hydrogen-bond donors (Lipinski definition) is 2. The van der Waals surface area contributed by atoms with Crippen molar-refractivity contribution in [2.75, 3.05) is 64.6 Å². The van der Waals surface area contributed by atoms with Crippen LogP contribution in [-0.2, 0) is 48.0 Å². The number of aromatic nitrogens is 3. The van der Waals surface area contributed by atoms with Gasteiger partial charge in [-0.25, -0.2) is 10.4 Å². The van der Waals surface area contributed by atoms with Crippen LogP contribution < -0.4 is 15.6 Å². The van der Waals surface area contributed by atoms with Crippen LogP contribution in [-0.4, -0.2) is 120 Å². The molecule has 14 nitrogen and oxygen atoms in total. The second-order valence-electron chi connectivity index (χ2n) is 18.8. The summed E-state index contributed by atoms with van der Waals surface area (Å²) in [7, 11) is 1.73. The Morgan fingerprint density at radius 1 is 1.06 bits per heavy atom. The molecule has 68 heavy (non-hydrogen) atoms. The summed E-state index contributed by atoms with van der Waals surface area (Å²) in [6.45, 7) is 17.3. The highest BCUT2D eigenvalue weighted by Gasteiger charge is 2.42. The van der Waals surface area contributed by atoms with Gasteiger partial charge in [-0.3, -0.25) is 29.3 Å².